The maximum Gasteiger partial charge on any atom is 0.416 e. The van der Waals surface area contributed by atoms with E-state index in [1.54, 1.807) is 0 Å². The number of halogens is 3. The summed E-state index contributed by atoms with van der Waals surface area (Å²) in [6.45, 7) is -0.171. The van der Waals surface area contributed by atoms with Crippen molar-refractivity contribution in [2.75, 3.05) is 0 Å². The average molecular weight is 360 g/mol. The van der Waals surface area contributed by atoms with Gasteiger partial charge < -0.3 is 0 Å². The second kappa shape index (κ2) is 6.40. The Labute approximate surface area is 144 Å². The van der Waals surface area contributed by atoms with Crippen molar-refractivity contribution in [2.24, 2.45) is 0 Å². The van der Waals surface area contributed by atoms with Gasteiger partial charge in [0.25, 0.3) is 0 Å². The number of nitrogens with one attached hydrogen (secondary N) is 1. The molecule has 2 aromatic carbocycles. The molecule has 0 amide bonds. The van der Waals surface area contributed by atoms with Crippen molar-refractivity contribution in [2.45, 2.75) is 12.7 Å². The molecule has 9 heteroatoms. The van der Waals surface area contributed by atoms with E-state index in [2.05, 4.69) is 5.10 Å². The van der Waals surface area contributed by atoms with E-state index in [9.17, 15) is 22.8 Å². The van der Waals surface area contributed by atoms with Crippen LogP contribution in [0.1, 0.15) is 16.7 Å². The van der Waals surface area contributed by atoms with Gasteiger partial charge in [0.05, 0.1) is 29.4 Å². The Morgan fingerprint density at radius 1 is 1.00 bits per heavy atom. The van der Waals surface area contributed by atoms with Crippen molar-refractivity contribution >= 4 is 0 Å². The van der Waals surface area contributed by atoms with Crippen LogP contribution in [0.3, 0.4) is 0 Å². The molecule has 3 aromatic rings. The zero-order valence-electron chi connectivity index (χ0n) is 13.1. The molecule has 6 nitrogen and oxygen atoms in total. The molecule has 1 N–H and O–H groups in total. The quantitative estimate of drug-likeness (QED) is 0.778. The van der Waals surface area contributed by atoms with E-state index in [0.29, 0.717) is 16.8 Å². The molecule has 0 saturated carbocycles. The van der Waals surface area contributed by atoms with Crippen molar-refractivity contribution in [3.63, 3.8) is 0 Å². The molecule has 0 fully saturated rings. The molecule has 0 aliphatic rings. The van der Waals surface area contributed by atoms with E-state index >= 15 is 0 Å². The Kier molecular flexibility index (Phi) is 4.26. The highest BCUT2D eigenvalue weighted by Crippen LogP contribution is 2.29. The summed E-state index contributed by atoms with van der Waals surface area (Å²) in [5, 5.41) is 11.2. The number of hydrogen-bond donors (Lipinski definition) is 1. The smallest absolute Gasteiger partial charge is 0.246 e. The fraction of sp³-hybridized carbons (Fsp3) is 0.118. The van der Waals surface area contributed by atoms with Gasteiger partial charge in [-0.2, -0.15) is 18.4 Å². The Bertz CT molecular complexity index is 1080. The van der Waals surface area contributed by atoms with Crippen molar-refractivity contribution in [1.82, 2.24) is 14.3 Å². The lowest BCUT2D eigenvalue weighted by molar-refractivity contribution is -0.137. The Morgan fingerprint density at radius 2 is 1.62 bits per heavy atom. The minimum absolute atomic E-state index is 0.171. The van der Waals surface area contributed by atoms with Gasteiger partial charge in [-0.05, 0) is 42.0 Å². The van der Waals surface area contributed by atoms with Crippen LogP contribution in [-0.2, 0) is 12.7 Å². The standard InChI is InChI=1S/C17H11F3N4O2/c18-17(19,20)13-5-1-12(2-6-13)10-23-15(25)22-24(16(23)26)14-7-3-11(9-21)4-8-14/h1-8H,10H2,(H,22,25). The van der Waals surface area contributed by atoms with Gasteiger partial charge in [-0.15, -0.1) is 0 Å². The van der Waals surface area contributed by atoms with E-state index in [-0.39, 0.29) is 6.54 Å². The molecule has 0 aliphatic carbocycles. The summed E-state index contributed by atoms with van der Waals surface area (Å²) in [5.41, 5.74) is -1.04. The molecule has 1 aromatic heterocycles. The lowest BCUT2D eigenvalue weighted by Gasteiger charge is -2.07. The third kappa shape index (κ3) is 3.30. The van der Waals surface area contributed by atoms with Gasteiger partial charge in [0.15, 0.2) is 0 Å². The van der Waals surface area contributed by atoms with Crippen LogP contribution in [0.2, 0.25) is 0 Å². The van der Waals surface area contributed by atoms with Gasteiger partial charge in [-0.3, -0.25) is 0 Å². The summed E-state index contributed by atoms with van der Waals surface area (Å²) in [4.78, 5) is 24.5. The molecule has 0 atom stereocenters. The second-order valence-electron chi connectivity index (χ2n) is 5.47. The molecule has 0 aliphatic heterocycles. The summed E-state index contributed by atoms with van der Waals surface area (Å²) < 4.78 is 39.6. The van der Waals surface area contributed by atoms with Crippen LogP contribution >= 0.6 is 0 Å². The van der Waals surface area contributed by atoms with Gasteiger partial charge in [-0.25, -0.2) is 23.9 Å². The third-order valence-electron chi connectivity index (χ3n) is 3.75. The number of hydrogen-bond acceptors (Lipinski definition) is 3. The van der Waals surface area contributed by atoms with Crippen LogP contribution < -0.4 is 11.4 Å². The molecular weight excluding hydrogens is 349 g/mol. The first kappa shape index (κ1) is 17.3. The topological polar surface area (TPSA) is 83.6 Å². The highest BCUT2D eigenvalue weighted by Gasteiger charge is 2.29. The molecule has 1 heterocycles. The van der Waals surface area contributed by atoms with E-state index < -0.39 is 23.1 Å². The highest BCUT2D eigenvalue weighted by molar-refractivity contribution is 5.38. The van der Waals surface area contributed by atoms with Gasteiger partial charge in [0.2, 0.25) is 0 Å². The summed E-state index contributed by atoms with van der Waals surface area (Å²) in [6.07, 6.45) is -4.45. The number of benzene rings is 2. The van der Waals surface area contributed by atoms with E-state index in [1.807, 2.05) is 6.07 Å². The highest BCUT2D eigenvalue weighted by atomic mass is 19.4. The number of aromatic amines is 1. The van der Waals surface area contributed by atoms with Crippen LogP contribution in [0.25, 0.3) is 5.69 Å². The molecule has 26 heavy (non-hydrogen) atoms. The van der Waals surface area contributed by atoms with Gasteiger partial charge in [-0.1, -0.05) is 12.1 Å². The van der Waals surface area contributed by atoms with Crippen LogP contribution in [0.4, 0.5) is 13.2 Å². The zero-order chi connectivity index (χ0) is 18.9. The summed E-state index contributed by atoms with van der Waals surface area (Å²) in [7, 11) is 0. The lowest BCUT2D eigenvalue weighted by Crippen LogP contribution is -2.29. The number of nitriles is 1. The fourth-order valence-corrected chi connectivity index (χ4v) is 2.39. The predicted octanol–water partition coefficient (Wildman–Crippen LogP) is 2.27. The lowest BCUT2D eigenvalue weighted by atomic mass is 10.1. The van der Waals surface area contributed by atoms with Crippen LogP contribution in [-0.4, -0.2) is 14.3 Å². The van der Waals surface area contributed by atoms with Crippen LogP contribution in [0.15, 0.2) is 58.1 Å². The maximum atomic E-state index is 12.6. The van der Waals surface area contributed by atoms with Crippen molar-refractivity contribution in [3.8, 4) is 11.8 Å². The molecular formula is C17H11F3N4O2. The number of alkyl halides is 3. The minimum atomic E-state index is -4.45. The first-order chi connectivity index (χ1) is 12.3. The van der Waals surface area contributed by atoms with Crippen molar-refractivity contribution in [1.29, 1.82) is 5.26 Å². The first-order valence-electron chi connectivity index (χ1n) is 7.38. The Morgan fingerprint density at radius 3 is 2.15 bits per heavy atom. The maximum absolute atomic E-state index is 12.6. The fourth-order valence-electron chi connectivity index (χ4n) is 2.39. The van der Waals surface area contributed by atoms with Crippen molar-refractivity contribution in [3.05, 3.63) is 86.2 Å². The third-order valence-corrected chi connectivity index (χ3v) is 3.75. The van der Waals surface area contributed by atoms with Gasteiger partial charge in [0.1, 0.15) is 0 Å². The van der Waals surface area contributed by atoms with Gasteiger partial charge >= 0.3 is 17.6 Å². The van der Waals surface area contributed by atoms with Crippen LogP contribution in [0.5, 0.6) is 0 Å². The molecule has 3 rings (SSSR count). The number of aromatic nitrogens is 3. The van der Waals surface area contributed by atoms with Crippen molar-refractivity contribution < 1.29 is 13.2 Å². The normalized spacial score (nSPS) is 11.3. The Balaban J connectivity index is 1.92. The second-order valence-corrected chi connectivity index (χ2v) is 5.47. The molecule has 0 spiro atoms. The zero-order valence-corrected chi connectivity index (χ0v) is 13.1. The molecule has 0 saturated heterocycles. The number of rotatable bonds is 3. The minimum Gasteiger partial charge on any atom is -0.246 e. The average Bonchev–Trinajstić information content (AvgIpc) is 2.90. The number of H-pyrrole nitrogens is 1. The SMILES string of the molecule is N#Cc1ccc(-n2[nH]c(=O)n(Cc3ccc(C(F)(F)F)cc3)c2=O)cc1. The molecule has 0 bridgehead atoms. The molecule has 0 unspecified atom stereocenters. The monoisotopic (exact) mass is 360 g/mol. The van der Waals surface area contributed by atoms with E-state index in [4.69, 9.17) is 5.26 Å². The van der Waals surface area contributed by atoms with E-state index in [1.165, 1.54) is 36.4 Å². The largest absolute Gasteiger partial charge is 0.416 e. The number of nitrogens with zero attached hydrogens (tertiary/aromatic N) is 3. The van der Waals surface area contributed by atoms with E-state index in [0.717, 1.165) is 21.4 Å². The Hall–Kier alpha value is -3.54. The van der Waals surface area contributed by atoms with Crippen LogP contribution in [0, 0.1) is 11.3 Å². The predicted molar refractivity (Wildman–Crippen MR) is 85.9 cm³/mol. The van der Waals surface area contributed by atoms with Gasteiger partial charge in [0, 0.05) is 0 Å². The summed E-state index contributed by atoms with van der Waals surface area (Å²) in [5.74, 6) is 0. The molecule has 0 radical (unpaired) electrons. The first-order valence-corrected chi connectivity index (χ1v) is 7.38. The summed E-state index contributed by atoms with van der Waals surface area (Å²) in [6, 6.07) is 12.1. The summed E-state index contributed by atoms with van der Waals surface area (Å²) >= 11 is 0. The molecule has 132 valence electrons.